The van der Waals surface area contributed by atoms with E-state index in [1.165, 1.54) is 17.2 Å². The van der Waals surface area contributed by atoms with Crippen molar-refractivity contribution in [3.8, 4) is 0 Å². The van der Waals surface area contributed by atoms with Crippen LogP contribution in [-0.4, -0.2) is 0 Å². The van der Waals surface area contributed by atoms with Crippen molar-refractivity contribution >= 4 is 15.9 Å². The van der Waals surface area contributed by atoms with Crippen LogP contribution in [0.15, 0.2) is 40.9 Å². The van der Waals surface area contributed by atoms with Gasteiger partial charge in [0, 0.05) is 10.5 Å². The first-order valence-electron chi connectivity index (χ1n) is 6.24. The molecule has 1 unspecified atom stereocenters. The molecule has 0 aliphatic rings. The Morgan fingerprint density at radius 3 is 2.68 bits per heavy atom. The Kier molecular flexibility index (Phi) is 4.38. The van der Waals surface area contributed by atoms with Crippen LogP contribution in [-0.2, 0) is 6.42 Å². The van der Waals surface area contributed by atoms with Gasteiger partial charge >= 0.3 is 0 Å². The van der Waals surface area contributed by atoms with Gasteiger partial charge in [0.25, 0.3) is 0 Å². The molecule has 0 heterocycles. The van der Waals surface area contributed by atoms with E-state index in [1.807, 2.05) is 12.1 Å². The minimum Gasteiger partial charge on any atom is -0.324 e. The van der Waals surface area contributed by atoms with E-state index in [0.717, 1.165) is 10.0 Å². The SMILES string of the molecule is Cc1cccc(C(N)Cc2cc(Br)ccc2F)c1C. The molecule has 0 spiro atoms. The van der Waals surface area contributed by atoms with Gasteiger partial charge in [-0.15, -0.1) is 0 Å². The first-order valence-corrected chi connectivity index (χ1v) is 7.04. The lowest BCUT2D eigenvalue weighted by Crippen LogP contribution is -2.15. The molecule has 0 aliphatic heterocycles. The third-order valence-corrected chi connectivity index (χ3v) is 3.99. The molecule has 1 nitrogen and oxygen atoms in total. The van der Waals surface area contributed by atoms with Gasteiger partial charge in [-0.25, -0.2) is 4.39 Å². The van der Waals surface area contributed by atoms with Crippen LogP contribution < -0.4 is 5.73 Å². The lowest BCUT2D eigenvalue weighted by molar-refractivity contribution is 0.592. The molecule has 1 atom stereocenters. The summed E-state index contributed by atoms with van der Waals surface area (Å²) in [7, 11) is 0. The molecule has 3 heteroatoms. The van der Waals surface area contributed by atoms with Gasteiger partial charge in [0.1, 0.15) is 5.82 Å². The van der Waals surface area contributed by atoms with E-state index in [-0.39, 0.29) is 11.9 Å². The summed E-state index contributed by atoms with van der Waals surface area (Å²) in [6.45, 7) is 4.12. The van der Waals surface area contributed by atoms with Crippen LogP contribution in [0.4, 0.5) is 4.39 Å². The van der Waals surface area contributed by atoms with Gasteiger partial charge in [-0.05, 0) is 60.7 Å². The smallest absolute Gasteiger partial charge is 0.126 e. The number of rotatable bonds is 3. The first-order chi connectivity index (χ1) is 8.99. The van der Waals surface area contributed by atoms with Gasteiger partial charge < -0.3 is 5.73 Å². The van der Waals surface area contributed by atoms with Crippen molar-refractivity contribution in [2.45, 2.75) is 26.3 Å². The zero-order valence-corrected chi connectivity index (χ0v) is 12.7. The van der Waals surface area contributed by atoms with Crippen LogP contribution in [0.5, 0.6) is 0 Å². The molecule has 2 rings (SSSR count). The van der Waals surface area contributed by atoms with Crippen LogP contribution >= 0.6 is 15.9 Å². The van der Waals surface area contributed by atoms with Crippen LogP contribution in [0.3, 0.4) is 0 Å². The van der Waals surface area contributed by atoms with Gasteiger partial charge in [0.05, 0.1) is 0 Å². The molecule has 19 heavy (non-hydrogen) atoms. The Balaban J connectivity index is 2.28. The predicted molar refractivity (Wildman–Crippen MR) is 80.6 cm³/mol. The van der Waals surface area contributed by atoms with E-state index in [4.69, 9.17) is 5.73 Å². The van der Waals surface area contributed by atoms with Crippen molar-refractivity contribution in [2.24, 2.45) is 5.73 Å². The Bertz CT molecular complexity index is 595. The van der Waals surface area contributed by atoms with Crippen LogP contribution in [0.1, 0.15) is 28.3 Å². The number of aryl methyl sites for hydroxylation is 1. The molecule has 0 amide bonds. The lowest BCUT2D eigenvalue weighted by atomic mass is 9.93. The maximum Gasteiger partial charge on any atom is 0.126 e. The summed E-state index contributed by atoms with van der Waals surface area (Å²) >= 11 is 3.36. The van der Waals surface area contributed by atoms with Gasteiger partial charge in [-0.2, -0.15) is 0 Å². The van der Waals surface area contributed by atoms with Gasteiger partial charge in [0.2, 0.25) is 0 Å². The molecular weight excluding hydrogens is 305 g/mol. The summed E-state index contributed by atoms with van der Waals surface area (Å²) in [6.07, 6.45) is 0.496. The zero-order valence-electron chi connectivity index (χ0n) is 11.1. The van der Waals surface area contributed by atoms with Gasteiger partial charge in [-0.3, -0.25) is 0 Å². The van der Waals surface area contributed by atoms with Gasteiger partial charge in [-0.1, -0.05) is 34.1 Å². The molecule has 0 radical (unpaired) electrons. The average molecular weight is 322 g/mol. The monoisotopic (exact) mass is 321 g/mol. The molecule has 0 bridgehead atoms. The van der Waals surface area contributed by atoms with Gasteiger partial charge in [0.15, 0.2) is 0 Å². The molecule has 0 saturated heterocycles. The Labute approximate surface area is 121 Å². The maximum atomic E-state index is 13.7. The molecule has 0 aliphatic carbocycles. The summed E-state index contributed by atoms with van der Waals surface area (Å²) in [4.78, 5) is 0. The molecule has 2 N–H and O–H groups in total. The molecular formula is C16H17BrFN. The fourth-order valence-electron chi connectivity index (χ4n) is 2.22. The number of halogens is 2. The highest BCUT2D eigenvalue weighted by Gasteiger charge is 2.13. The summed E-state index contributed by atoms with van der Waals surface area (Å²) in [6, 6.07) is 10.8. The Morgan fingerprint density at radius 2 is 1.95 bits per heavy atom. The first kappa shape index (κ1) is 14.2. The number of nitrogens with two attached hydrogens (primary N) is 1. The molecule has 0 aromatic heterocycles. The van der Waals surface area contributed by atoms with Crippen molar-refractivity contribution in [1.29, 1.82) is 0 Å². The van der Waals surface area contributed by atoms with Crippen LogP contribution in [0.2, 0.25) is 0 Å². The summed E-state index contributed by atoms with van der Waals surface area (Å²) in [5.41, 5.74) is 10.4. The fourth-order valence-corrected chi connectivity index (χ4v) is 2.63. The quantitative estimate of drug-likeness (QED) is 0.888. The Hall–Kier alpha value is -1.19. The topological polar surface area (TPSA) is 26.0 Å². The lowest BCUT2D eigenvalue weighted by Gasteiger charge is -2.17. The van der Waals surface area contributed by atoms with E-state index in [9.17, 15) is 4.39 Å². The average Bonchev–Trinajstić information content (AvgIpc) is 2.37. The molecule has 0 fully saturated rings. The predicted octanol–water partition coefficient (Wildman–Crippen LogP) is 4.45. The second-order valence-electron chi connectivity index (χ2n) is 4.84. The highest BCUT2D eigenvalue weighted by Crippen LogP contribution is 2.24. The van der Waals surface area contributed by atoms with E-state index in [0.29, 0.717) is 12.0 Å². The second kappa shape index (κ2) is 5.85. The third kappa shape index (κ3) is 3.23. The number of hydrogen-bond acceptors (Lipinski definition) is 1. The minimum absolute atomic E-state index is 0.191. The van der Waals surface area contributed by atoms with E-state index >= 15 is 0 Å². The molecule has 2 aromatic rings. The van der Waals surface area contributed by atoms with Crippen molar-refractivity contribution in [1.82, 2.24) is 0 Å². The second-order valence-corrected chi connectivity index (χ2v) is 5.75. The van der Waals surface area contributed by atoms with Crippen LogP contribution in [0.25, 0.3) is 0 Å². The third-order valence-electron chi connectivity index (χ3n) is 3.49. The molecule has 2 aromatic carbocycles. The summed E-state index contributed by atoms with van der Waals surface area (Å²) < 4.78 is 14.6. The van der Waals surface area contributed by atoms with E-state index in [1.54, 1.807) is 12.1 Å². The highest BCUT2D eigenvalue weighted by molar-refractivity contribution is 9.10. The number of benzene rings is 2. The highest BCUT2D eigenvalue weighted by atomic mass is 79.9. The minimum atomic E-state index is -0.205. The van der Waals surface area contributed by atoms with Crippen molar-refractivity contribution in [3.05, 3.63) is 68.9 Å². The Morgan fingerprint density at radius 1 is 1.21 bits per heavy atom. The number of hydrogen-bond donors (Lipinski definition) is 1. The van der Waals surface area contributed by atoms with E-state index in [2.05, 4.69) is 35.8 Å². The summed E-state index contributed by atoms with van der Waals surface area (Å²) in [5, 5.41) is 0. The zero-order chi connectivity index (χ0) is 14.0. The fraction of sp³-hybridized carbons (Fsp3) is 0.250. The normalized spacial score (nSPS) is 12.5. The summed E-state index contributed by atoms with van der Waals surface area (Å²) in [5.74, 6) is -0.205. The van der Waals surface area contributed by atoms with E-state index < -0.39 is 0 Å². The van der Waals surface area contributed by atoms with Crippen LogP contribution in [0, 0.1) is 19.7 Å². The molecule has 0 saturated carbocycles. The van der Waals surface area contributed by atoms with Crippen molar-refractivity contribution in [2.75, 3.05) is 0 Å². The van der Waals surface area contributed by atoms with Crippen molar-refractivity contribution < 1.29 is 4.39 Å². The largest absolute Gasteiger partial charge is 0.324 e. The van der Waals surface area contributed by atoms with Crippen molar-refractivity contribution in [3.63, 3.8) is 0 Å². The standard InChI is InChI=1S/C16H17BrFN/c1-10-4-3-5-14(11(10)2)16(19)9-12-8-13(17)6-7-15(12)18/h3-8,16H,9,19H2,1-2H3. The molecule has 100 valence electrons. The maximum absolute atomic E-state index is 13.7.